The van der Waals surface area contributed by atoms with Crippen LogP contribution in [0.2, 0.25) is 0 Å². The van der Waals surface area contributed by atoms with Gasteiger partial charge in [-0.2, -0.15) is 0 Å². The fourth-order valence-corrected chi connectivity index (χ4v) is 3.78. The minimum Gasteiger partial charge on any atom is -0.497 e. The van der Waals surface area contributed by atoms with Crippen LogP contribution in [0.4, 0.5) is 5.82 Å². The Hall–Kier alpha value is -3.41. The number of methoxy groups -OCH3 is 1. The van der Waals surface area contributed by atoms with E-state index in [2.05, 4.69) is 20.5 Å². The van der Waals surface area contributed by atoms with Crippen LogP contribution in [-0.4, -0.2) is 48.4 Å². The number of Topliss-reactive ketones (excluding diaryl/α,β-unsaturated/α-hetero) is 1. The molecule has 4 rings (SSSR count). The van der Waals surface area contributed by atoms with Gasteiger partial charge in [0.2, 0.25) is 5.16 Å². The molecule has 3 aromatic rings. The molecule has 2 aromatic heterocycles. The van der Waals surface area contributed by atoms with Gasteiger partial charge in [-0.05, 0) is 41.0 Å². The smallest absolute Gasteiger partial charge is 0.330 e. The van der Waals surface area contributed by atoms with Crippen LogP contribution in [0.15, 0.2) is 39.0 Å². The van der Waals surface area contributed by atoms with E-state index >= 15 is 0 Å². The van der Waals surface area contributed by atoms with E-state index < -0.39 is 17.0 Å². The molecule has 0 spiro atoms. The molecule has 1 saturated carbocycles. The largest absolute Gasteiger partial charge is 0.497 e. The number of carbonyl (C=O) groups excluding carboxylic acids is 1. The second-order valence-corrected chi connectivity index (χ2v) is 7.74. The molecule has 1 aromatic carbocycles. The highest BCUT2D eigenvalue weighted by atomic mass is 32.2. The Kier molecular flexibility index (Phi) is 5.40. The lowest BCUT2D eigenvalue weighted by Crippen LogP contribution is -2.36. The number of nitrogens with zero attached hydrogens (tertiary/aromatic N) is 5. The summed E-state index contributed by atoms with van der Waals surface area (Å²) in [6, 6.07) is 7.38. The monoisotopic (exact) mass is 429 g/mol. The molecule has 1 fully saturated rings. The number of benzene rings is 1. The first-order valence-electron chi connectivity index (χ1n) is 9.17. The molecule has 30 heavy (non-hydrogen) atoms. The number of rotatable bonds is 8. The van der Waals surface area contributed by atoms with Gasteiger partial charge in [0.1, 0.15) is 17.1 Å². The molecule has 1 aliphatic rings. The maximum absolute atomic E-state index is 12.7. The first-order valence-corrected chi connectivity index (χ1v) is 10.2. The van der Waals surface area contributed by atoms with Gasteiger partial charge in [0.05, 0.1) is 19.4 Å². The SMILES string of the molecule is COc1ccc(Cn2nnnc2SCC(=O)c2c(N)n(C3CC3)c(=O)[nH]c2=O)cc1. The van der Waals surface area contributed by atoms with Crippen molar-refractivity contribution in [1.29, 1.82) is 0 Å². The zero-order chi connectivity index (χ0) is 21.3. The number of nitrogen functional groups attached to an aromatic ring is 1. The normalized spacial score (nSPS) is 13.4. The number of ketones is 1. The lowest BCUT2D eigenvalue weighted by molar-refractivity contribution is 0.102. The van der Waals surface area contributed by atoms with E-state index in [1.807, 2.05) is 24.3 Å². The molecule has 0 bridgehead atoms. The van der Waals surface area contributed by atoms with Crippen molar-refractivity contribution in [3.05, 3.63) is 56.2 Å². The topological polar surface area (TPSA) is 151 Å². The van der Waals surface area contributed by atoms with Gasteiger partial charge in [0, 0.05) is 6.04 Å². The maximum Gasteiger partial charge on any atom is 0.330 e. The Morgan fingerprint density at radius 3 is 2.70 bits per heavy atom. The van der Waals surface area contributed by atoms with Gasteiger partial charge < -0.3 is 10.5 Å². The van der Waals surface area contributed by atoms with Crippen molar-refractivity contribution in [1.82, 2.24) is 29.8 Å². The minimum absolute atomic E-state index is 0.0645. The van der Waals surface area contributed by atoms with Gasteiger partial charge in [0.15, 0.2) is 5.78 Å². The Bertz CT molecular complexity index is 1190. The van der Waals surface area contributed by atoms with Crippen molar-refractivity contribution in [2.75, 3.05) is 18.6 Å². The molecule has 0 radical (unpaired) electrons. The second-order valence-electron chi connectivity index (χ2n) is 6.80. The van der Waals surface area contributed by atoms with Crippen LogP contribution in [0.25, 0.3) is 0 Å². The predicted octanol–water partition coefficient (Wildman–Crippen LogP) is 0.472. The zero-order valence-corrected chi connectivity index (χ0v) is 16.9. The fraction of sp³-hybridized carbons (Fsp3) is 0.333. The number of hydrogen-bond acceptors (Lipinski definition) is 9. The number of carbonyl (C=O) groups is 1. The summed E-state index contributed by atoms with van der Waals surface area (Å²) in [7, 11) is 1.59. The number of anilines is 1. The van der Waals surface area contributed by atoms with E-state index in [1.165, 1.54) is 4.57 Å². The average Bonchev–Trinajstić information content (AvgIpc) is 3.45. The van der Waals surface area contributed by atoms with Crippen molar-refractivity contribution in [3.63, 3.8) is 0 Å². The van der Waals surface area contributed by atoms with Gasteiger partial charge in [-0.3, -0.25) is 19.1 Å². The minimum atomic E-state index is -0.780. The summed E-state index contributed by atoms with van der Waals surface area (Å²) in [6.07, 6.45) is 1.58. The summed E-state index contributed by atoms with van der Waals surface area (Å²) in [5.41, 5.74) is 5.37. The van der Waals surface area contributed by atoms with Gasteiger partial charge in [0.25, 0.3) is 5.56 Å². The molecule has 0 unspecified atom stereocenters. The van der Waals surface area contributed by atoms with E-state index in [4.69, 9.17) is 10.5 Å². The summed E-state index contributed by atoms with van der Waals surface area (Å²) in [5, 5.41) is 12.0. The van der Waals surface area contributed by atoms with Gasteiger partial charge in [-0.1, -0.05) is 23.9 Å². The molecule has 3 N–H and O–H groups in total. The Morgan fingerprint density at radius 1 is 1.30 bits per heavy atom. The van der Waals surface area contributed by atoms with Crippen LogP contribution in [0.1, 0.15) is 34.8 Å². The van der Waals surface area contributed by atoms with E-state index in [-0.39, 0.29) is 23.2 Å². The highest BCUT2D eigenvalue weighted by molar-refractivity contribution is 7.99. The zero-order valence-electron chi connectivity index (χ0n) is 16.1. The summed E-state index contributed by atoms with van der Waals surface area (Å²) in [6.45, 7) is 0.406. The molecular weight excluding hydrogens is 410 g/mol. The molecule has 11 nitrogen and oxygen atoms in total. The molecule has 0 aliphatic heterocycles. The first-order chi connectivity index (χ1) is 14.5. The number of nitrogens with one attached hydrogen (secondary N) is 1. The standard InChI is InChI=1S/C18H19N7O4S/c1-29-12-6-2-10(3-7-12)8-24-18(21-22-23-24)30-9-13(26)14-15(19)25(11-4-5-11)17(28)20-16(14)27/h2-3,6-7,11H,4-5,8-9,19H2,1H3,(H,20,27,28). The van der Waals surface area contributed by atoms with E-state index in [9.17, 15) is 14.4 Å². The molecule has 0 atom stereocenters. The van der Waals surface area contributed by atoms with Crippen LogP contribution in [-0.2, 0) is 6.54 Å². The third-order valence-corrected chi connectivity index (χ3v) is 5.65. The van der Waals surface area contributed by atoms with Gasteiger partial charge >= 0.3 is 5.69 Å². The maximum atomic E-state index is 12.7. The van der Waals surface area contributed by atoms with Crippen LogP contribution >= 0.6 is 11.8 Å². The van der Waals surface area contributed by atoms with Crippen molar-refractivity contribution in [3.8, 4) is 5.75 Å². The summed E-state index contributed by atoms with van der Waals surface area (Å²) >= 11 is 1.09. The van der Waals surface area contributed by atoms with Gasteiger partial charge in [-0.25, -0.2) is 9.48 Å². The summed E-state index contributed by atoms with van der Waals surface area (Å²) in [5.74, 6) is 0.0619. The number of thioether (sulfide) groups is 1. The highest BCUT2D eigenvalue weighted by Crippen LogP contribution is 2.35. The molecular formula is C18H19N7O4S. The lowest BCUT2D eigenvalue weighted by Gasteiger charge is -2.11. The van der Waals surface area contributed by atoms with Crippen LogP contribution in [0.5, 0.6) is 5.75 Å². The van der Waals surface area contributed by atoms with Gasteiger partial charge in [-0.15, -0.1) is 5.10 Å². The summed E-state index contributed by atoms with van der Waals surface area (Å²) < 4.78 is 7.98. The molecule has 156 valence electrons. The second kappa shape index (κ2) is 8.14. The average molecular weight is 429 g/mol. The van der Waals surface area contributed by atoms with Crippen LogP contribution in [0, 0.1) is 0 Å². The quantitative estimate of drug-likeness (QED) is 0.384. The highest BCUT2D eigenvalue weighted by Gasteiger charge is 2.30. The third-order valence-electron chi connectivity index (χ3n) is 4.70. The first kappa shape index (κ1) is 19.9. The molecule has 2 heterocycles. The van der Waals surface area contributed by atoms with Crippen molar-refractivity contribution >= 4 is 23.4 Å². The van der Waals surface area contributed by atoms with E-state index in [1.54, 1.807) is 11.8 Å². The Morgan fingerprint density at radius 2 is 2.03 bits per heavy atom. The number of aromatic nitrogens is 6. The number of ether oxygens (including phenoxy) is 1. The fourth-order valence-electron chi connectivity index (χ4n) is 3.04. The number of H-pyrrole nitrogens is 1. The number of aromatic amines is 1. The van der Waals surface area contributed by atoms with Crippen molar-refractivity contribution in [2.24, 2.45) is 0 Å². The van der Waals surface area contributed by atoms with Crippen molar-refractivity contribution in [2.45, 2.75) is 30.6 Å². The molecule has 0 amide bonds. The van der Waals surface area contributed by atoms with E-state index in [0.29, 0.717) is 11.7 Å². The van der Waals surface area contributed by atoms with Crippen molar-refractivity contribution < 1.29 is 9.53 Å². The van der Waals surface area contributed by atoms with Crippen LogP contribution < -0.4 is 21.7 Å². The summed E-state index contributed by atoms with van der Waals surface area (Å²) in [4.78, 5) is 39.1. The molecule has 0 saturated heterocycles. The van der Waals surface area contributed by atoms with E-state index in [0.717, 1.165) is 35.9 Å². The Balaban J connectivity index is 1.49. The Labute approximate surface area is 174 Å². The number of nitrogens with two attached hydrogens (primary N) is 1. The lowest BCUT2D eigenvalue weighted by atomic mass is 10.2. The molecule has 12 heteroatoms. The third kappa shape index (κ3) is 3.99. The predicted molar refractivity (Wildman–Crippen MR) is 109 cm³/mol. The van der Waals surface area contributed by atoms with Crippen LogP contribution in [0.3, 0.4) is 0 Å². The molecule has 1 aliphatic carbocycles. The number of hydrogen-bond donors (Lipinski definition) is 2. The number of tetrazole rings is 1.